The molecule has 0 amide bonds. The van der Waals surface area contributed by atoms with Crippen LogP contribution >= 0.6 is 0 Å². The van der Waals surface area contributed by atoms with Crippen LogP contribution in [0.1, 0.15) is 25.7 Å². The van der Waals surface area contributed by atoms with E-state index in [2.05, 4.69) is 0 Å². The quantitative estimate of drug-likeness (QED) is 0.823. The molecule has 1 aliphatic carbocycles. The molecule has 3 heteroatoms. The van der Waals surface area contributed by atoms with E-state index in [9.17, 15) is 5.11 Å². The summed E-state index contributed by atoms with van der Waals surface area (Å²) in [5, 5.41) is 9.36. The third-order valence-electron chi connectivity index (χ3n) is 3.25. The minimum atomic E-state index is 0.209. The lowest BCUT2D eigenvalue weighted by atomic mass is 9.86. The molecule has 2 atom stereocenters. The Kier molecular flexibility index (Phi) is 3.67. The summed E-state index contributed by atoms with van der Waals surface area (Å²) in [6, 6.07) is 6.98. The van der Waals surface area contributed by atoms with E-state index < -0.39 is 0 Å². The standard InChI is InChI=1S/C13H19NO2/c14-9-10-4-1-2-7-13(10)16-12-6-3-5-11(15)8-12/h3,5-6,8,10,13,15H,1-2,4,7,9,14H2. The number of rotatable bonds is 3. The Labute approximate surface area is 96.2 Å². The van der Waals surface area contributed by atoms with Gasteiger partial charge in [-0.1, -0.05) is 12.5 Å². The summed E-state index contributed by atoms with van der Waals surface area (Å²) in [5.41, 5.74) is 5.75. The molecule has 0 heterocycles. The molecule has 2 rings (SSSR count). The molecule has 0 saturated heterocycles. The zero-order chi connectivity index (χ0) is 11.4. The average molecular weight is 221 g/mol. The number of benzene rings is 1. The van der Waals surface area contributed by atoms with Crippen molar-refractivity contribution in [3.63, 3.8) is 0 Å². The van der Waals surface area contributed by atoms with Gasteiger partial charge < -0.3 is 15.6 Å². The number of aromatic hydroxyl groups is 1. The highest BCUT2D eigenvalue weighted by molar-refractivity contribution is 5.31. The lowest BCUT2D eigenvalue weighted by Crippen LogP contribution is -2.35. The molecule has 1 aliphatic rings. The normalized spacial score (nSPS) is 25.3. The van der Waals surface area contributed by atoms with E-state index in [1.165, 1.54) is 12.8 Å². The molecule has 0 spiro atoms. The number of hydrogen-bond acceptors (Lipinski definition) is 3. The van der Waals surface area contributed by atoms with Gasteiger partial charge in [-0.05, 0) is 37.9 Å². The van der Waals surface area contributed by atoms with Crippen molar-refractivity contribution in [2.45, 2.75) is 31.8 Å². The third kappa shape index (κ3) is 2.67. The van der Waals surface area contributed by atoms with Crippen LogP contribution in [-0.2, 0) is 0 Å². The molecule has 1 aromatic rings. The summed E-state index contributed by atoms with van der Waals surface area (Å²) in [5.74, 6) is 1.44. The zero-order valence-corrected chi connectivity index (χ0v) is 9.43. The van der Waals surface area contributed by atoms with E-state index in [0.29, 0.717) is 12.5 Å². The summed E-state index contributed by atoms with van der Waals surface area (Å²) in [6.07, 6.45) is 4.89. The second-order valence-corrected chi connectivity index (χ2v) is 4.43. The van der Waals surface area contributed by atoms with Crippen molar-refractivity contribution in [2.24, 2.45) is 11.7 Å². The predicted octanol–water partition coefficient (Wildman–Crippen LogP) is 2.29. The number of phenols is 1. The Balaban J connectivity index is 2.02. The Morgan fingerprint density at radius 1 is 1.31 bits per heavy atom. The van der Waals surface area contributed by atoms with Crippen LogP contribution in [0.25, 0.3) is 0 Å². The summed E-state index contributed by atoms with van der Waals surface area (Å²) >= 11 is 0. The molecule has 16 heavy (non-hydrogen) atoms. The second-order valence-electron chi connectivity index (χ2n) is 4.43. The van der Waals surface area contributed by atoms with Crippen molar-refractivity contribution >= 4 is 0 Å². The Hall–Kier alpha value is -1.22. The maximum Gasteiger partial charge on any atom is 0.123 e. The fourth-order valence-electron chi connectivity index (χ4n) is 2.33. The second kappa shape index (κ2) is 5.21. The smallest absolute Gasteiger partial charge is 0.123 e. The van der Waals surface area contributed by atoms with Gasteiger partial charge in [0.1, 0.15) is 17.6 Å². The lowest BCUT2D eigenvalue weighted by Gasteiger charge is -2.31. The molecule has 3 N–H and O–H groups in total. The van der Waals surface area contributed by atoms with Crippen molar-refractivity contribution in [1.29, 1.82) is 0 Å². The van der Waals surface area contributed by atoms with Crippen LogP contribution in [0.5, 0.6) is 11.5 Å². The highest BCUT2D eigenvalue weighted by Crippen LogP contribution is 2.28. The molecule has 1 saturated carbocycles. The number of hydrogen-bond donors (Lipinski definition) is 2. The lowest BCUT2D eigenvalue weighted by molar-refractivity contribution is 0.0968. The largest absolute Gasteiger partial charge is 0.508 e. The maximum absolute atomic E-state index is 9.36. The summed E-state index contributed by atoms with van der Waals surface area (Å²) in [7, 11) is 0. The van der Waals surface area contributed by atoms with Gasteiger partial charge in [-0.25, -0.2) is 0 Å². The number of phenolic OH excluding ortho intramolecular Hbond substituents is 1. The molecule has 0 aromatic heterocycles. The molecular weight excluding hydrogens is 202 g/mol. The van der Waals surface area contributed by atoms with Gasteiger partial charge in [-0.3, -0.25) is 0 Å². The van der Waals surface area contributed by atoms with Gasteiger partial charge in [0.15, 0.2) is 0 Å². The maximum atomic E-state index is 9.36. The van der Waals surface area contributed by atoms with E-state index in [-0.39, 0.29) is 11.9 Å². The predicted molar refractivity (Wildman–Crippen MR) is 63.5 cm³/mol. The molecular formula is C13H19NO2. The summed E-state index contributed by atoms with van der Waals surface area (Å²) in [6.45, 7) is 0.684. The molecule has 2 unspecified atom stereocenters. The van der Waals surface area contributed by atoms with Crippen molar-refractivity contribution in [3.8, 4) is 11.5 Å². The van der Waals surface area contributed by atoms with Crippen LogP contribution in [0.2, 0.25) is 0 Å². The van der Waals surface area contributed by atoms with E-state index in [0.717, 1.165) is 18.6 Å². The highest BCUT2D eigenvalue weighted by atomic mass is 16.5. The van der Waals surface area contributed by atoms with Gasteiger partial charge in [0.25, 0.3) is 0 Å². The molecule has 0 radical (unpaired) electrons. The summed E-state index contributed by atoms with van der Waals surface area (Å²) in [4.78, 5) is 0. The minimum absolute atomic E-state index is 0.209. The molecule has 88 valence electrons. The first kappa shape index (κ1) is 11.3. The van der Waals surface area contributed by atoms with Crippen LogP contribution in [0, 0.1) is 5.92 Å². The fourth-order valence-corrected chi connectivity index (χ4v) is 2.33. The van der Waals surface area contributed by atoms with Crippen molar-refractivity contribution < 1.29 is 9.84 Å². The third-order valence-corrected chi connectivity index (χ3v) is 3.25. The van der Waals surface area contributed by atoms with Crippen LogP contribution in [0.4, 0.5) is 0 Å². The topological polar surface area (TPSA) is 55.5 Å². The van der Waals surface area contributed by atoms with Gasteiger partial charge in [0, 0.05) is 12.0 Å². The molecule has 1 fully saturated rings. The van der Waals surface area contributed by atoms with Crippen molar-refractivity contribution in [3.05, 3.63) is 24.3 Å². The first-order valence-electron chi connectivity index (χ1n) is 5.95. The number of nitrogens with two attached hydrogens (primary N) is 1. The molecule has 1 aromatic carbocycles. The van der Waals surface area contributed by atoms with Gasteiger partial charge in [0.05, 0.1) is 0 Å². The van der Waals surface area contributed by atoms with E-state index in [1.807, 2.05) is 6.07 Å². The van der Waals surface area contributed by atoms with Crippen LogP contribution in [0.15, 0.2) is 24.3 Å². The SMILES string of the molecule is NCC1CCCCC1Oc1cccc(O)c1. The monoisotopic (exact) mass is 221 g/mol. The molecule has 0 aliphatic heterocycles. The first-order chi connectivity index (χ1) is 7.79. The average Bonchev–Trinajstić information content (AvgIpc) is 2.30. The van der Waals surface area contributed by atoms with Crippen molar-refractivity contribution in [2.75, 3.05) is 6.54 Å². The minimum Gasteiger partial charge on any atom is -0.508 e. The Morgan fingerprint density at radius 2 is 2.12 bits per heavy atom. The first-order valence-corrected chi connectivity index (χ1v) is 5.95. The zero-order valence-electron chi connectivity index (χ0n) is 9.43. The van der Waals surface area contributed by atoms with Crippen LogP contribution < -0.4 is 10.5 Å². The van der Waals surface area contributed by atoms with Crippen molar-refractivity contribution in [1.82, 2.24) is 0 Å². The van der Waals surface area contributed by atoms with Gasteiger partial charge in [-0.2, -0.15) is 0 Å². The van der Waals surface area contributed by atoms with Crippen LogP contribution in [0.3, 0.4) is 0 Å². The molecule has 0 bridgehead atoms. The van der Waals surface area contributed by atoms with Gasteiger partial charge >= 0.3 is 0 Å². The molecule has 3 nitrogen and oxygen atoms in total. The number of ether oxygens (including phenoxy) is 1. The summed E-state index contributed by atoms with van der Waals surface area (Å²) < 4.78 is 5.90. The fraction of sp³-hybridized carbons (Fsp3) is 0.538. The van der Waals surface area contributed by atoms with E-state index >= 15 is 0 Å². The van der Waals surface area contributed by atoms with Gasteiger partial charge in [0.2, 0.25) is 0 Å². The van der Waals surface area contributed by atoms with E-state index in [4.69, 9.17) is 10.5 Å². The Bertz CT molecular complexity index is 340. The highest BCUT2D eigenvalue weighted by Gasteiger charge is 2.25. The van der Waals surface area contributed by atoms with Crippen LogP contribution in [-0.4, -0.2) is 17.8 Å². The van der Waals surface area contributed by atoms with Gasteiger partial charge in [-0.15, -0.1) is 0 Å². The van der Waals surface area contributed by atoms with E-state index in [1.54, 1.807) is 18.2 Å². The Morgan fingerprint density at radius 3 is 2.88 bits per heavy atom.